The molecule has 0 aliphatic heterocycles. The SMILES string of the molecule is ClCC#CCCC#CCCl. The lowest BCUT2D eigenvalue weighted by atomic mass is 10.3. The molecule has 0 saturated heterocycles. The van der Waals surface area contributed by atoms with Crippen molar-refractivity contribution in [2.45, 2.75) is 12.8 Å². The van der Waals surface area contributed by atoms with Gasteiger partial charge in [0.2, 0.25) is 0 Å². The Hall–Kier alpha value is -0.300. The van der Waals surface area contributed by atoms with Crippen LogP contribution in [0.4, 0.5) is 0 Å². The van der Waals surface area contributed by atoms with Crippen molar-refractivity contribution in [2.24, 2.45) is 0 Å². The van der Waals surface area contributed by atoms with Crippen molar-refractivity contribution < 1.29 is 0 Å². The Morgan fingerprint density at radius 2 is 1.10 bits per heavy atom. The molecule has 0 amide bonds. The zero-order valence-electron chi connectivity index (χ0n) is 5.58. The quantitative estimate of drug-likeness (QED) is 0.325. The molecule has 0 aliphatic rings. The van der Waals surface area contributed by atoms with Crippen LogP contribution in [-0.2, 0) is 0 Å². The van der Waals surface area contributed by atoms with Crippen molar-refractivity contribution >= 4 is 23.2 Å². The summed E-state index contributed by atoms with van der Waals surface area (Å²) in [6, 6.07) is 0. The minimum Gasteiger partial charge on any atom is -0.113 e. The molecule has 0 rings (SSSR count). The molecule has 0 fully saturated rings. The molecule has 0 radical (unpaired) electrons. The fourth-order valence-electron chi connectivity index (χ4n) is 0.396. The summed E-state index contributed by atoms with van der Waals surface area (Å²) >= 11 is 10.6. The summed E-state index contributed by atoms with van der Waals surface area (Å²) in [5.41, 5.74) is 0. The predicted molar refractivity (Wildman–Crippen MR) is 46.2 cm³/mol. The average Bonchev–Trinajstić information content (AvgIpc) is 1.97. The first-order chi connectivity index (χ1) is 4.91. The van der Waals surface area contributed by atoms with Gasteiger partial charge in [0, 0.05) is 12.8 Å². The maximum atomic E-state index is 5.31. The third kappa shape index (κ3) is 7.70. The molecule has 0 aromatic heterocycles. The van der Waals surface area contributed by atoms with Crippen molar-refractivity contribution in [3.05, 3.63) is 0 Å². The lowest BCUT2D eigenvalue weighted by Crippen LogP contribution is -1.68. The third-order valence-electron chi connectivity index (χ3n) is 0.759. The number of unbranched alkanes of at least 4 members (excludes halogenated alkanes) is 1. The van der Waals surface area contributed by atoms with Gasteiger partial charge >= 0.3 is 0 Å². The number of alkyl halides is 2. The van der Waals surface area contributed by atoms with Gasteiger partial charge in [-0.25, -0.2) is 0 Å². The summed E-state index contributed by atoms with van der Waals surface area (Å²) in [5.74, 6) is 12.0. The van der Waals surface area contributed by atoms with Crippen LogP contribution >= 0.6 is 23.2 Å². The Labute approximate surface area is 71.9 Å². The molecule has 0 unspecified atom stereocenters. The Balaban J connectivity index is 3.20. The molecule has 2 heteroatoms. The van der Waals surface area contributed by atoms with Crippen LogP contribution in [0.5, 0.6) is 0 Å². The van der Waals surface area contributed by atoms with Crippen LogP contribution in [0.1, 0.15) is 12.8 Å². The highest BCUT2D eigenvalue weighted by atomic mass is 35.5. The van der Waals surface area contributed by atoms with Crippen LogP contribution in [0.3, 0.4) is 0 Å². The maximum Gasteiger partial charge on any atom is 0.0835 e. The van der Waals surface area contributed by atoms with Crippen LogP contribution in [0.2, 0.25) is 0 Å². The molecule has 10 heavy (non-hydrogen) atoms. The summed E-state index contributed by atoms with van der Waals surface area (Å²) < 4.78 is 0. The molecule has 0 heterocycles. The van der Waals surface area contributed by atoms with Crippen molar-refractivity contribution in [3.8, 4) is 23.7 Å². The monoisotopic (exact) mass is 174 g/mol. The minimum absolute atomic E-state index is 0.406. The number of hydrogen-bond donors (Lipinski definition) is 0. The number of halogens is 2. The first-order valence-electron chi connectivity index (χ1n) is 2.95. The minimum atomic E-state index is 0.406. The fraction of sp³-hybridized carbons (Fsp3) is 0.500. The Kier molecular flexibility index (Phi) is 8.44. The van der Waals surface area contributed by atoms with Gasteiger partial charge in [-0.05, 0) is 0 Å². The molecule has 0 N–H and O–H groups in total. The highest BCUT2D eigenvalue weighted by Crippen LogP contribution is 1.83. The zero-order valence-corrected chi connectivity index (χ0v) is 7.10. The van der Waals surface area contributed by atoms with Crippen LogP contribution in [0.25, 0.3) is 0 Å². The summed E-state index contributed by atoms with van der Waals surface area (Å²) in [7, 11) is 0. The van der Waals surface area contributed by atoms with E-state index in [1.165, 1.54) is 0 Å². The van der Waals surface area contributed by atoms with E-state index < -0.39 is 0 Å². The van der Waals surface area contributed by atoms with E-state index in [9.17, 15) is 0 Å². The second-order valence-corrected chi connectivity index (χ2v) is 2.01. The van der Waals surface area contributed by atoms with Crippen molar-refractivity contribution in [2.75, 3.05) is 11.8 Å². The molecule has 54 valence electrons. The highest BCUT2D eigenvalue weighted by Gasteiger charge is 1.72. The molecule has 0 spiro atoms. The Morgan fingerprint density at radius 1 is 0.700 bits per heavy atom. The van der Waals surface area contributed by atoms with Gasteiger partial charge in [0.25, 0.3) is 0 Å². The van der Waals surface area contributed by atoms with Gasteiger partial charge in [0.1, 0.15) is 0 Å². The van der Waals surface area contributed by atoms with Crippen LogP contribution in [0.15, 0.2) is 0 Å². The largest absolute Gasteiger partial charge is 0.113 e. The first-order valence-corrected chi connectivity index (χ1v) is 4.02. The van der Waals surface area contributed by atoms with Crippen LogP contribution in [0, 0.1) is 23.7 Å². The molecule has 0 bridgehead atoms. The van der Waals surface area contributed by atoms with E-state index in [4.69, 9.17) is 23.2 Å². The van der Waals surface area contributed by atoms with E-state index >= 15 is 0 Å². The summed E-state index contributed by atoms with van der Waals surface area (Å²) in [6.07, 6.45) is 1.58. The summed E-state index contributed by atoms with van der Waals surface area (Å²) in [5, 5.41) is 0. The molecular formula is C8H8Cl2. The molecule has 0 saturated carbocycles. The van der Waals surface area contributed by atoms with Gasteiger partial charge in [-0.2, -0.15) is 0 Å². The second kappa shape index (κ2) is 8.70. The van der Waals surface area contributed by atoms with Crippen LogP contribution in [-0.4, -0.2) is 11.8 Å². The Morgan fingerprint density at radius 3 is 1.40 bits per heavy atom. The van der Waals surface area contributed by atoms with Crippen molar-refractivity contribution in [1.82, 2.24) is 0 Å². The third-order valence-corrected chi connectivity index (χ3v) is 1.03. The normalized spacial score (nSPS) is 7.00. The predicted octanol–water partition coefficient (Wildman–Crippen LogP) is 2.25. The van der Waals surface area contributed by atoms with E-state index in [0.29, 0.717) is 11.8 Å². The van der Waals surface area contributed by atoms with Crippen molar-refractivity contribution in [1.29, 1.82) is 0 Å². The van der Waals surface area contributed by atoms with E-state index in [2.05, 4.69) is 23.7 Å². The van der Waals surface area contributed by atoms with Gasteiger partial charge in [-0.3, -0.25) is 0 Å². The highest BCUT2D eigenvalue weighted by molar-refractivity contribution is 6.19. The lowest BCUT2D eigenvalue weighted by molar-refractivity contribution is 1.12. The summed E-state index contributed by atoms with van der Waals surface area (Å²) in [6.45, 7) is 0. The molecule has 0 nitrogen and oxygen atoms in total. The van der Waals surface area contributed by atoms with Gasteiger partial charge in [-0.15, -0.1) is 35.0 Å². The van der Waals surface area contributed by atoms with E-state index in [1.54, 1.807) is 0 Å². The fourth-order valence-corrected chi connectivity index (χ4v) is 0.585. The number of rotatable bonds is 1. The molecular weight excluding hydrogens is 167 g/mol. The standard InChI is InChI=1S/C8H8Cl2/c9-7-5-3-1-2-4-6-8-10/h1-2,7-8H2. The zero-order chi connectivity index (χ0) is 7.66. The lowest BCUT2D eigenvalue weighted by Gasteiger charge is -1.76. The van der Waals surface area contributed by atoms with E-state index in [1.807, 2.05) is 0 Å². The summed E-state index contributed by atoms with van der Waals surface area (Å²) in [4.78, 5) is 0. The molecule has 0 atom stereocenters. The maximum absolute atomic E-state index is 5.31. The van der Waals surface area contributed by atoms with Gasteiger partial charge in [0.05, 0.1) is 11.8 Å². The first kappa shape index (κ1) is 9.70. The molecule has 0 aromatic rings. The smallest absolute Gasteiger partial charge is 0.0835 e. The van der Waals surface area contributed by atoms with Gasteiger partial charge < -0.3 is 0 Å². The van der Waals surface area contributed by atoms with Gasteiger partial charge in [0.15, 0.2) is 0 Å². The topological polar surface area (TPSA) is 0 Å². The number of hydrogen-bond acceptors (Lipinski definition) is 0. The van der Waals surface area contributed by atoms with Crippen molar-refractivity contribution in [3.63, 3.8) is 0 Å². The molecule has 0 aromatic carbocycles. The van der Waals surface area contributed by atoms with E-state index in [0.717, 1.165) is 12.8 Å². The Bertz CT molecular complexity index is 153. The van der Waals surface area contributed by atoms with E-state index in [-0.39, 0.29) is 0 Å². The van der Waals surface area contributed by atoms with Gasteiger partial charge in [-0.1, -0.05) is 11.8 Å². The molecule has 0 aliphatic carbocycles. The van der Waals surface area contributed by atoms with Crippen LogP contribution < -0.4 is 0 Å². The average molecular weight is 175 g/mol. The second-order valence-electron chi connectivity index (χ2n) is 1.47.